The minimum Gasteiger partial charge on any atom is -0.550 e. The second-order valence-electron chi connectivity index (χ2n) is 16.1. The van der Waals surface area contributed by atoms with Crippen LogP contribution in [0.3, 0.4) is 0 Å². The molecule has 0 radical (unpaired) electrons. The fraction of sp³-hybridized carbons (Fsp3) is 0.737. The van der Waals surface area contributed by atoms with Crippen LogP contribution in [0.25, 0.3) is 0 Å². The van der Waals surface area contributed by atoms with Gasteiger partial charge in [0.25, 0.3) is 0 Å². The minimum absolute atomic E-state index is 0.00291. The van der Waals surface area contributed by atoms with Crippen LogP contribution < -0.4 is 5.11 Å². The summed E-state index contributed by atoms with van der Waals surface area (Å²) in [6, 6.07) is 0. The van der Waals surface area contributed by atoms with Crippen LogP contribution in [0.4, 0.5) is 0 Å². The van der Waals surface area contributed by atoms with E-state index in [4.69, 9.17) is 14.2 Å². The molecule has 0 aliphatic heterocycles. The summed E-state index contributed by atoms with van der Waals surface area (Å²) in [5.74, 6) is -4.49. The maximum atomic E-state index is 14.2. The van der Waals surface area contributed by atoms with E-state index >= 15 is 0 Å². The Morgan fingerprint density at radius 2 is 1.71 bits per heavy atom. The molecule has 2 unspecified atom stereocenters. The highest BCUT2D eigenvalue weighted by atomic mass is 16.6. The third-order valence-electron chi connectivity index (χ3n) is 13.9. The fourth-order valence-electron chi connectivity index (χ4n) is 11.4. The minimum atomic E-state index is -1.41. The Balaban J connectivity index is 1.51. The molecule has 10 heteroatoms. The van der Waals surface area contributed by atoms with Crippen molar-refractivity contribution < 1.29 is 48.1 Å². The van der Waals surface area contributed by atoms with Crippen LogP contribution in [0.15, 0.2) is 24.3 Å². The first-order valence-electron chi connectivity index (χ1n) is 17.5. The number of carboxylic acids is 1. The lowest BCUT2D eigenvalue weighted by Crippen LogP contribution is -2.56. The summed E-state index contributed by atoms with van der Waals surface area (Å²) in [6.07, 6.45) is 6.39. The Morgan fingerprint density at radius 3 is 2.33 bits per heavy atom. The monoisotopic (exact) mass is 667 g/mol. The highest BCUT2D eigenvalue weighted by molar-refractivity contribution is 6.00. The van der Waals surface area contributed by atoms with Gasteiger partial charge in [-0.3, -0.25) is 24.0 Å². The quantitative estimate of drug-likeness (QED) is 0.167. The van der Waals surface area contributed by atoms with Gasteiger partial charge in [-0.05, 0) is 90.1 Å². The van der Waals surface area contributed by atoms with E-state index in [1.807, 2.05) is 6.92 Å². The van der Waals surface area contributed by atoms with Gasteiger partial charge in [-0.25, -0.2) is 0 Å². The molecule has 0 N–H and O–H groups in total. The molecule has 5 rings (SSSR count). The predicted molar refractivity (Wildman–Crippen MR) is 171 cm³/mol. The summed E-state index contributed by atoms with van der Waals surface area (Å²) < 4.78 is 17.1. The van der Waals surface area contributed by atoms with Crippen molar-refractivity contribution in [1.82, 2.24) is 0 Å². The topological polar surface area (TPSA) is 153 Å². The standard InChI is InChI=1S/C38H52O10/c1-20(18-46-24(5)39)21(2)33(45)34(48-31(44)12-11-30(42)43)23(4)32-28(47-25(6)40)17-36(8)29-10-9-26-22(3)27(41)13-14-37(26)19-38(29,37)16-15-35(32,36)7/h13-14,20,22-23,26,28-29,32,34H,2,9-12,15-19H2,1,3-8H3,(H,42,43)/p-1/t20-,22-,23-,26?,28-,29?,32-,34+,35+,36-,37+,38-/m0/s1. The Morgan fingerprint density at radius 1 is 1.02 bits per heavy atom. The van der Waals surface area contributed by atoms with E-state index in [-0.39, 0.29) is 46.0 Å². The summed E-state index contributed by atoms with van der Waals surface area (Å²) in [4.78, 5) is 75.1. The number of ketones is 2. The SMILES string of the molecule is C=C(C(=O)[C@H](OC(=O)CCC(=O)[O-])[C@@H](C)[C@H]1[C@@H](OC(C)=O)C[C@@]2(C)C3CCC4[C@H](C)C(=O)C=C[C@@]45C[C@@]35CC[C@]12C)[C@@H](C)COC(C)=O. The molecule has 0 heterocycles. The van der Waals surface area contributed by atoms with Crippen LogP contribution >= 0.6 is 0 Å². The number of carbonyl (C=O) groups is 6. The van der Waals surface area contributed by atoms with Gasteiger partial charge >= 0.3 is 17.9 Å². The van der Waals surface area contributed by atoms with Crippen molar-refractivity contribution in [3.05, 3.63) is 24.3 Å². The molecule has 10 nitrogen and oxygen atoms in total. The van der Waals surface area contributed by atoms with Gasteiger partial charge in [0.15, 0.2) is 17.7 Å². The van der Waals surface area contributed by atoms with E-state index in [0.29, 0.717) is 18.3 Å². The van der Waals surface area contributed by atoms with E-state index in [2.05, 4.69) is 33.4 Å². The number of hydrogen-bond acceptors (Lipinski definition) is 10. The van der Waals surface area contributed by atoms with Crippen LogP contribution in [-0.2, 0) is 43.0 Å². The van der Waals surface area contributed by atoms with Gasteiger partial charge in [-0.15, -0.1) is 0 Å². The number of allylic oxidation sites excluding steroid dienone is 2. The second kappa shape index (κ2) is 12.5. The molecule has 2 spiro atoms. The third-order valence-corrected chi connectivity index (χ3v) is 13.9. The van der Waals surface area contributed by atoms with Crippen LogP contribution in [0.5, 0.6) is 0 Å². The Bertz CT molecular complexity index is 1450. The normalized spacial score (nSPS) is 39.3. The molecular weight excluding hydrogens is 616 g/mol. The van der Waals surface area contributed by atoms with Crippen LogP contribution in [0.2, 0.25) is 0 Å². The van der Waals surface area contributed by atoms with E-state index in [1.165, 1.54) is 13.8 Å². The van der Waals surface area contributed by atoms with Crippen molar-refractivity contribution in [3.63, 3.8) is 0 Å². The summed E-state index contributed by atoms with van der Waals surface area (Å²) >= 11 is 0. The van der Waals surface area contributed by atoms with Gasteiger partial charge in [0.05, 0.1) is 13.0 Å². The largest absolute Gasteiger partial charge is 0.550 e. The van der Waals surface area contributed by atoms with E-state index < -0.39 is 72.0 Å². The van der Waals surface area contributed by atoms with Crippen molar-refractivity contribution in [3.8, 4) is 0 Å². The molecule has 5 aliphatic rings. The van der Waals surface area contributed by atoms with E-state index in [0.717, 1.165) is 32.1 Å². The van der Waals surface area contributed by atoms with Gasteiger partial charge < -0.3 is 24.1 Å². The van der Waals surface area contributed by atoms with Crippen LogP contribution in [0.1, 0.15) is 99.8 Å². The molecule has 5 aliphatic carbocycles. The molecular formula is C38H51O10-. The third kappa shape index (κ3) is 5.55. The van der Waals surface area contributed by atoms with Crippen molar-refractivity contribution >= 4 is 35.4 Å². The zero-order valence-corrected chi connectivity index (χ0v) is 29.4. The molecule has 0 aromatic rings. The molecule has 4 saturated carbocycles. The lowest BCUT2D eigenvalue weighted by Gasteiger charge is -2.61. The fourth-order valence-corrected chi connectivity index (χ4v) is 11.4. The van der Waals surface area contributed by atoms with Gasteiger partial charge in [0.2, 0.25) is 0 Å². The maximum Gasteiger partial charge on any atom is 0.306 e. The Kier molecular flexibility index (Phi) is 9.41. The number of carboxylic acid groups (broad SMARTS) is 1. The smallest absolute Gasteiger partial charge is 0.306 e. The first-order chi connectivity index (χ1) is 22.3. The molecule has 264 valence electrons. The predicted octanol–water partition coefficient (Wildman–Crippen LogP) is 4.32. The zero-order valence-electron chi connectivity index (χ0n) is 29.4. The second-order valence-corrected chi connectivity index (χ2v) is 16.1. The summed E-state index contributed by atoms with van der Waals surface area (Å²) in [5.41, 5.74) is -0.536. The number of esters is 3. The summed E-state index contributed by atoms with van der Waals surface area (Å²) in [7, 11) is 0. The molecule has 0 bridgehead atoms. The number of Topliss-reactive ketones (excluding diaryl/α,β-unsaturated/α-hetero) is 1. The lowest BCUT2D eigenvalue weighted by molar-refractivity contribution is -0.305. The van der Waals surface area contributed by atoms with Crippen molar-refractivity contribution in [1.29, 1.82) is 0 Å². The molecule has 0 aromatic heterocycles. The van der Waals surface area contributed by atoms with Gasteiger partial charge in [0.1, 0.15) is 6.10 Å². The number of carbonyl (C=O) groups excluding carboxylic acids is 6. The number of fused-ring (bicyclic) bond motifs is 2. The summed E-state index contributed by atoms with van der Waals surface area (Å²) in [5, 5.41) is 11.1. The Hall–Kier alpha value is -3.30. The molecule has 12 atom stereocenters. The van der Waals surface area contributed by atoms with Crippen molar-refractivity contribution in [2.24, 2.45) is 57.2 Å². The average molecular weight is 668 g/mol. The zero-order chi connectivity index (χ0) is 35.6. The van der Waals surface area contributed by atoms with Crippen LogP contribution in [0, 0.1) is 57.2 Å². The van der Waals surface area contributed by atoms with E-state index in [1.54, 1.807) is 13.0 Å². The highest BCUT2D eigenvalue weighted by Gasteiger charge is 2.81. The average Bonchev–Trinajstić information content (AvgIpc) is 3.62. The van der Waals surface area contributed by atoms with Gasteiger partial charge in [-0.1, -0.05) is 47.3 Å². The number of hydrogen-bond donors (Lipinski definition) is 0. The molecule has 0 amide bonds. The number of rotatable bonds is 12. The van der Waals surface area contributed by atoms with E-state index in [9.17, 15) is 33.9 Å². The Labute approximate surface area is 283 Å². The maximum absolute atomic E-state index is 14.2. The summed E-state index contributed by atoms with van der Waals surface area (Å²) in [6.45, 7) is 16.7. The number of aliphatic carboxylic acids is 1. The number of ether oxygens (including phenoxy) is 3. The van der Waals surface area contributed by atoms with Crippen molar-refractivity contribution in [2.45, 2.75) is 112 Å². The highest BCUT2D eigenvalue weighted by Crippen LogP contribution is 2.87. The van der Waals surface area contributed by atoms with Crippen LogP contribution in [-0.4, -0.2) is 54.3 Å². The van der Waals surface area contributed by atoms with Gasteiger partial charge in [-0.2, -0.15) is 0 Å². The molecule has 48 heavy (non-hydrogen) atoms. The first kappa shape index (κ1) is 36.0. The first-order valence-corrected chi connectivity index (χ1v) is 17.5. The molecule has 4 fully saturated rings. The van der Waals surface area contributed by atoms with Crippen molar-refractivity contribution in [2.75, 3.05) is 6.61 Å². The van der Waals surface area contributed by atoms with Gasteiger partial charge in [0, 0.05) is 43.5 Å². The lowest BCUT2D eigenvalue weighted by atomic mass is 9.43. The molecule has 0 saturated heterocycles. The molecule has 0 aromatic carbocycles.